The Morgan fingerprint density at radius 2 is 2.07 bits per heavy atom. The Morgan fingerprint density at radius 1 is 1.24 bits per heavy atom. The van der Waals surface area contributed by atoms with Crippen molar-refractivity contribution >= 4 is 22.6 Å². The Morgan fingerprint density at radius 3 is 2.86 bits per heavy atom. The van der Waals surface area contributed by atoms with Crippen molar-refractivity contribution in [3.63, 3.8) is 0 Å². The molecule has 0 bridgehead atoms. The lowest BCUT2D eigenvalue weighted by atomic mass is 9.94. The molecule has 2 heterocycles. The van der Waals surface area contributed by atoms with E-state index in [0.717, 1.165) is 29.7 Å². The molecule has 0 atom stereocenters. The molecule has 4 rings (SSSR count). The van der Waals surface area contributed by atoms with E-state index >= 15 is 0 Å². The molecule has 0 radical (unpaired) electrons. The van der Waals surface area contributed by atoms with Crippen LogP contribution in [0, 0.1) is 0 Å². The number of nitrogens with zero attached hydrogens (tertiary/aromatic N) is 4. The van der Waals surface area contributed by atoms with Crippen LogP contribution in [-0.4, -0.2) is 40.1 Å². The summed E-state index contributed by atoms with van der Waals surface area (Å²) >= 11 is 0. The lowest BCUT2D eigenvalue weighted by molar-refractivity contribution is 0.0954. The highest BCUT2D eigenvalue weighted by molar-refractivity contribution is 6.07. The molecule has 0 saturated heterocycles. The zero-order chi connectivity index (χ0) is 20.1. The molecule has 1 aromatic carbocycles. The molecule has 29 heavy (non-hydrogen) atoms. The van der Waals surface area contributed by atoms with Gasteiger partial charge in [0.2, 0.25) is 0 Å². The van der Waals surface area contributed by atoms with Gasteiger partial charge in [-0.1, -0.05) is 37.5 Å². The van der Waals surface area contributed by atoms with Crippen molar-refractivity contribution in [3.05, 3.63) is 54.6 Å². The van der Waals surface area contributed by atoms with E-state index in [9.17, 15) is 4.79 Å². The number of anilines is 1. The van der Waals surface area contributed by atoms with Gasteiger partial charge in [0.25, 0.3) is 5.91 Å². The number of rotatable bonds is 7. The van der Waals surface area contributed by atoms with Crippen LogP contribution in [0.1, 0.15) is 48.9 Å². The van der Waals surface area contributed by atoms with Crippen molar-refractivity contribution in [3.8, 4) is 0 Å². The molecule has 0 spiro atoms. The molecular weight excluding hydrogens is 362 g/mol. The van der Waals surface area contributed by atoms with Crippen LogP contribution in [0.3, 0.4) is 0 Å². The number of pyridine rings is 1. The summed E-state index contributed by atoms with van der Waals surface area (Å²) in [6.07, 6.45) is 12.6. The van der Waals surface area contributed by atoms with E-state index in [2.05, 4.69) is 22.2 Å². The third-order valence-corrected chi connectivity index (χ3v) is 5.87. The van der Waals surface area contributed by atoms with Crippen molar-refractivity contribution < 1.29 is 4.79 Å². The third kappa shape index (κ3) is 4.58. The average Bonchev–Trinajstić information content (AvgIpc) is 3.29. The lowest BCUT2D eigenvalue weighted by Crippen LogP contribution is -2.34. The summed E-state index contributed by atoms with van der Waals surface area (Å²) in [7, 11) is 2.11. The van der Waals surface area contributed by atoms with E-state index in [0.29, 0.717) is 18.2 Å². The average molecular weight is 392 g/mol. The summed E-state index contributed by atoms with van der Waals surface area (Å²) in [6, 6.07) is 10.4. The van der Waals surface area contributed by atoms with Gasteiger partial charge in [-0.05, 0) is 31.4 Å². The number of fused-ring (bicyclic) bond motifs is 1. The number of imidazole rings is 1. The molecule has 1 fully saturated rings. The van der Waals surface area contributed by atoms with Crippen molar-refractivity contribution in [2.75, 3.05) is 18.5 Å². The fourth-order valence-corrected chi connectivity index (χ4v) is 4.16. The molecule has 1 aliphatic rings. The fourth-order valence-electron chi connectivity index (χ4n) is 4.16. The normalized spacial score (nSPS) is 14.8. The first-order valence-corrected chi connectivity index (χ1v) is 10.6. The maximum atomic E-state index is 13.0. The van der Waals surface area contributed by atoms with Crippen LogP contribution in [0.15, 0.2) is 49.1 Å². The van der Waals surface area contributed by atoms with Gasteiger partial charge in [-0.15, -0.1) is 0 Å². The summed E-state index contributed by atoms with van der Waals surface area (Å²) in [5.74, 6) is 0.853. The quantitative estimate of drug-likeness (QED) is 0.618. The maximum Gasteiger partial charge on any atom is 0.252 e. The largest absolute Gasteiger partial charge is 0.357 e. The highest BCUT2D eigenvalue weighted by atomic mass is 16.1. The molecule has 2 aromatic heterocycles. The van der Waals surface area contributed by atoms with Crippen LogP contribution in [0.5, 0.6) is 0 Å². The molecule has 152 valence electrons. The van der Waals surface area contributed by atoms with Crippen LogP contribution < -0.4 is 10.2 Å². The van der Waals surface area contributed by atoms with Gasteiger partial charge in [0.05, 0.1) is 17.4 Å². The van der Waals surface area contributed by atoms with E-state index in [1.807, 2.05) is 41.1 Å². The number of carbonyl (C=O) groups excluding carboxylic acids is 1. The zero-order valence-corrected chi connectivity index (χ0v) is 17.1. The minimum atomic E-state index is -0.0347. The lowest BCUT2D eigenvalue weighted by Gasteiger charge is -2.32. The van der Waals surface area contributed by atoms with Crippen LogP contribution in [0.25, 0.3) is 10.9 Å². The number of aryl methyl sites for hydroxylation is 1. The van der Waals surface area contributed by atoms with Crippen LogP contribution >= 0.6 is 0 Å². The second kappa shape index (κ2) is 9.07. The van der Waals surface area contributed by atoms with E-state index < -0.39 is 0 Å². The molecule has 1 saturated carbocycles. The second-order valence-corrected chi connectivity index (χ2v) is 7.86. The van der Waals surface area contributed by atoms with Gasteiger partial charge in [-0.2, -0.15) is 0 Å². The second-order valence-electron chi connectivity index (χ2n) is 7.86. The van der Waals surface area contributed by atoms with Gasteiger partial charge in [0, 0.05) is 44.0 Å². The summed E-state index contributed by atoms with van der Waals surface area (Å²) in [4.78, 5) is 24.2. The number of para-hydroxylation sites is 1. The van der Waals surface area contributed by atoms with Gasteiger partial charge < -0.3 is 14.8 Å². The monoisotopic (exact) mass is 391 g/mol. The van der Waals surface area contributed by atoms with Crippen molar-refractivity contribution in [1.29, 1.82) is 0 Å². The van der Waals surface area contributed by atoms with Crippen molar-refractivity contribution in [2.24, 2.45) is 0 Å². The topological polar surface area (TPSA) is 63.1 Å². The molecular formula is C23H29N5O. The SMILES string of the molecule is CN(c1cc(C(=O)NCCCn2ccnc2)c2ccccc2n1)C1CCCCC1. The predicted molar refractivity (Wildman–Crippen MR) is 116 cm³/mol. The van der Waals surface area contributed by atoms with Crippen LogP contribution in [-0.2, 0) is 6.54 Å². The number of hydrogen-bond acceptors (Lipinski definition) is 4. The number of benzene rings is 1. The minimum Gasteiger partial charge on any atom is -0.357 e. The first kappa shape index (κ1) is 19.4. The van der Waals surface area contributed by atoms with E-state index in [1.165, 1.54) is 32.1 Å². The summed E-state index contributed by atoms with van der Waals surface area (Å²) in [5.41, 5.74) is 1.58. The van der Waals surface area contributed by atoms with Crippen LogP contribution in [0.2, 0.25) is 0 Å². The molecule has 0 unspecified atom stereocenters. The number of amides is 1. The molecule has 6 nitrogen and oxygen atoms in total. The summed E-state index contributed by atoms with van der Waals surface area (Å²) < 4.78 is 2.02. The summed E-state index contributed by atoms with van der Waals surface area (Å²) in [5, 5.41) is 3.98. The minimum absolute atomic E-state index is 0.0347. The number of aromatic nitrogens is 3. The van der Waals surface area contributed by atoms with E-state index in [-0.39, 0.29) is 5.91 Å². The summed E-state index contributed by atoms with van der Waals surface area (Å²) in [6.45, 7) is 1.47. The first-order valence-electron chi connectivity index (χ1n) is 10.6. The zero-order valence-electron chi connectivity index (χ0n) is 17.1. The number of nitrogens with one attached hydrogen (secondary N) is 1. The molecule has 1 N–H and O–H groups in total. The van der Waals surface area contributed by atoms with E-state index in [1.54, 1.807) is 12.5 Å². The fraction of sp³-hybridized carbons (Fsp3) is 0.435. The first-order chi connectivity index (χ1) is 14.2. The predicted octanol–water partition coefficient (Wildman–Crippen LogP) is 4.02. The Balaban J connectivity index is 1.51. The number of carbonyl (C=O) groups is 1. The Hall–Kier alpha value is -2.89. The molecule has 3 aromatic rings. The van der Waals surface area contributed by atoms with Crippen LogP contribution in [0.4, 0.5) is 5.82 Å². The molecule has 6 heteroatoms. The van der Waals surface area contributed by atoms with Gasteiger partial charge in [0.15, 0.2) is 0 Å². The number of hydrogen-bond donors (Lipinski definition) is 1. The Kier molecular flexibility index (Phi) is 6.08. The van der Waals surface area contributed by atoms with E-state index in [4.69, 9.17) is 4.98 Å². The van der Waals surface area contributed by atoms with Gasteiger partial charge in [0.1, 0.15) is 5.82 Å². The Labute approximate surface area is 172 Å². The molecule has 0 aliphatic heterocycles. The third-order valence-electron chi connectivity index (χ3n) is 5.87. The highest BCUT2D eigenvalue weighted by Gasteiger charge is 2.21. The van der Waals surface area contributed by atoms with Gasteiger partial charge in [-0.25, -0.2) is 9.97 Å². The van der Waals surface area contributed by atoms with Crippen molar-refractivity contribution in [1.82, 2.24) is 19.9 Å². The van der Waals surface area contributed by atoms with Gasteiger partial charge >= 0.3 is 0 Å². The standard InChI is InChI=1S/C23H29N5O/c1-27(18-8-3-2-4-9-18)22-16-20(19-10-5-6-11-21(19)26-22)23(29)25-12-7-14-28-15-13-24-17-28/h5-6,10-11,13,15-18H,2-4,7-9,12,14H2,1H3,(H,25,29). The Bertz CT molecular complexity index is 947. The maximum absolute atomic E-state index is 13.0. The van der Waals surface area contributed by atoms with Gasteiger partial charge in [-0.3, -0.25) is 4.79 Å². The molecule has 1 amide bonds. The van der Waals surface area contributed by atoms with Crippen molar-refractivity contribution in [2.45, 2.75) is 51.1 Å². The highest BCUT2D eigenvalue weighted by Crippen LogP contribution is 2.28. The molecule has 1 aliphatic carbocycles. The smallest absolute Gasteiger partial charge is 0.252 e.